The van der Waals surface area contributed by atoms with Gasteiger partial charge in [-0.15, -0.1) is 0 Å². The Labute approximate surface area is 192 Å². The standard InChI is InChI=1S/C24H39N3O5/c1-30-14-13-27(24(29)20-6-8-22(31-2)9-7-20)19-23-18-26(12-15-32-23)17-21(28)16-25-10-4-3-5-11-25/h6-9,21,23,28H,3-5,10-19H2,1-2H3/t21-,23+/m1/s1. The number of amides is 1. The molecule has 2 aliphatic heterocycles. The Morgan fingerprint density at radius 3 is 2.53 bits per heavy atom. The molecule has 2 saturated heterocycles. The van der Waals surface area contributed by atoms with E-state index in [0.717, 1.165) is 31.9 Å². The van der Waals surface area contributed by atoms with E-state index < -0.39 is 0 Å². The van der Waals surface area contributed by atoms with Gasteiger partial charge in [0, 0.05) is 51.9 Å². The second-order valence-electron chi connectivity index (χ2n) is 8.74. The first-order valence-corrected chi connectivity index (χ1v) is 11.8. The van der Waals surface area contributed by atoms with Crippen LogP contribution in [0.1, 0.15) is 29.6 Å². The Balaban J connectivity index is 1.53. The first kappa shape index (κ1) is 24.9. The van der Waals surface area contributed by atoms with Crippen molar-refractivity contribution < 1.29 is 24.1 Å². The lowest BCUT2D eigenvalue weighted by Crippen LogP contribution is -2.52. The molecular weight excluding hydrogens is 410 g/mol. The normalized spacial score (nSPS) is 21.3. The van der Waals surface area contributed by atoms with Crippen molar-refractivity contribution in [2.45, 2.75) is 31.5 Å². The summed E-state index contributed by atoms with van der Waals surface area (Å²) < 4.78 is 16.4. The summed E-state index contributed by atoms with van der Waals surface area (Å²) in [4.78, 5) is 19.5. The molecule has 8 heteroatoms. The zero-order chi connectivity index (χ0) is 22.8. The highest BCUT2D eigenvalue weighted by molar-refractivity contribution is 5.94. The number of β-amino-alcohol motifs (C(OH)–C–C–N with tert-alkyl or cyclic N) is 1. The van der Waals surface area contributed by atoms with Gasteiger partial charge >= 0.3 is 0 Å². The van der Waals surface area contributed by atoms with Crippen molar-refractivity contribution in [2.75, 3.05) is 79.8 Å². The van der Waals surface area contributed by atoms with Crippen molar-refractivity contribution in [3.63, 3.8) is 0 Å². The molecule has 1 N–H and O–H groups in total. The smallest absolute Gasteiger partial charge is 0.254 e. The van der Waals surface area contributed by atoms with Crippen molar-refractivity contribution in [1.29, 1.82) is 0 Å². The van der Waals surface area contributed by atoms with Crippen LogP contribution >= 0.6 is 0 Å². The number of benzene rings is 1. The van der Waals surface area contributed by atoms with Gasteiger partial charge in [-0.2, -0.15) is 0 Å². The van der Waals surface area contributed by atoms with Gasteiger partial charge < -0.3 is 29.1 Å². The van der Waals surface area contributed by atoms with Crippen molar-refractivity contribution >= 4 is 5.91 Å². The number of rotatable bonds is 11. The lowest BCUT2D eigenvalue weighted by molar-refractivity contribution is -0.0541. The maximum atomic E-state index is 13.1. The van der Waals surface area contributed by atoms with Crippen LogP contribution in [0.2, 0.25) is 0 Å². The topological polar surface area (TPSA) is 74.7 Å². The first-order chi connectivity index (χ1) is 15.6. The number of carbonyl (C=O) groups is 1. The van der Waals surface area contributed by atoms with Crippen LogP contribution in [0.3, 0.4) is 0 Å². The van der Waals surface area contributed by atoms with Crippen LogP contribution in [-0.2, 0) is 9.47 Å². The Bertz CT molecular complexity index is 681. The van der Waals surface area contributed by atoms with E-state index in [0.29, 0.717) is 45.0 Å². The lowest BCUT2D eigenvalue weighted by atomic mass is 10.1. The first-order valence-electron chi connectivity index (χ1n) is 11.8. The van der Waals surface area contributed by atoms with Gasteiger partial charge in [-0.1, -0.05) is 6.42 Å². The van der Waals surface area contributed by atoms with E-state index in [4.69, 9.17) is 14.2 Å². The number of methoxy groups -OCH3 is 2. The number of ether oxygens (including phenoxy) is 3. The number of aliphatic hydroxyl groups is 1. The quantitative estimate of drug-likeness (QED) is 0.546. The van der Waals surface area contributed by atoms with Gasteiger partial charge in [0.05, 0.1) is 32.5 Å². The van der Waals surface area contributed by atoms with Gasteiger partial charge in [0.2, 0.25) is 0 Å². The molecular formula is C24H39N3O5. The summed E-state index contributed by atoms with van der Waals surface area (Å²) in [6, 6.07) is 7.16. The Morgan fingerprint density at radius 1 is 1.12 bits per heavy atom. The zero-order valence-electron chi connectivity index (χ0n) is 19.6. The fourth-order valence-corrected chi connectivity index (χ4v) is 4.49. The van der Waals surface area contributed by atoms with Crippen LogP contribution in [0.25, 0.3) is 0 Å². The summed E-state index contributed by atoms with van der Waals surface area (Å²) in [6.07, 6.45) is 3.30. The molecule has 0 aromatic heterocycles. The van der Waals surface area contributed by atoms with Crippen LogP contribution < -0.4 is 4.74 Å². The molecule has 1 aromatic carbocycles. The largest absolute Gasteiger partial charge is 0.497 e. The molecule has 0 bridgehead atoms. The fraction of sp³-hybridized carbons (Fsp3) is 0.708. The average molecular weight is 450 g/mol. The van der Waals surface area contributed by atoms with Crippen LogP contribution in [-0.4, -0.2) is 118 Å². The third-order valence-corrected chi connectivity index (χ3v) is 6.22. The maximum Gasteiger partial charge on any atom is 0.254 e. The lowest BCUT2D eigenvalue weighted by Gasteiger charge is -2.37. The number of hydrogen-bond acceptors (Lipinski definition) is 7. The Hall–Kier alpha value is -1.71. The van der Waals surface area contributed by atoms with E-state index in [1.54, 1.807) is 43.4 Å². The van der Waals surface area contributed by atoms with Gasteiger partial charge in [-0.05, 0) is 50.2 Å². The summed E-state index contributed by atoms with van der Waals surface area (Å²) in [5.41, 5.74) is 0.617. The molecule has 180 valence electrons. The molecule has 2 heterocycles. The summed E-state index contributed by atoms with van der Waals surface area (Å²) in [7, 11) is 3.25. The highest BCUT2D eigenvalue weighted by Crippen LogP contribution is 2.15. The fourth-order valence-electron chi connectivity index (χ4n) is 4.49. The van der Waals surface area contributed by atoms with Gasteiger partial charge in [0.25, 0.3) is 5.91 Å². The van der Waals surface area contributed by atoms with E-state index >= 15 is 0 Å². The average Bonchev–Trinajstić information content (AvgIpc) is 2.82. The number of carbonyl (C=O) groups excluding carboxylic acids is 1. The van der Waals surface area contributed by atoms with E-state index in [2.05, 4.69) is 9.80 Å². The summed E-state index contributed by atoms with van der Waals surface area (Å²) >= 11 is 0. The summed E-state index contributed by atoms with van der Waals surface area (Å²) in [5, 5.41) is 10.6. The van der Waals surface area contributed by atoms with E-state index in [1.807, 2.05) is 0 Å². The number of aliphatic hydroxyl groups excluding tert-OH is 1. The number of nitrogens with zero attached hydrogens (tertiary/aromatic N) is 3. The zero-order valence-corrected chi connectivity index (χ0v) is 19.6. The SMILES string of the molecule is COCCN(C[C@@H]1CN(C[C@H](O)CN2CCCCC2)CCO1)C(=O)c1ccc(OC)cc1. The molecule has 0 saturated carbocycles. The molecule has 0 radical (unpaired) electrons. The summed E-state index contributed by atoms with van der Waals surface area (Å²) in [6.45, 7) is 7.12. The second-order valence-corrected chi connectivity index (χ2v) is 8.74. The predicted molar refractivity (Wildman–Crippen MR) is 123 cm³/mol. The predicted octanol–water partition coefficient (Wildman–Crippen LogP) is 1.33. The van der Waals surface area contributed by atoms with Crippen molar-refractivity contribution in [3.05, 3.63) is 29.8 Å². The number of likely N-dealkylation sites (tertiary alicyclic amines) is 1. The van der Waals surface area contributed by atoms with Crippen LogP contribution in [0.5, 0.6) is 5.75 Å². The van der Waals surface area contributed by atoms with Gasteiger partial charge in [0.15, 0.2) is 0 Å². The van der Waals surface area contributed by atoms with Crippen LogP contribution in [0.4, 0.5) is 0 Å². The third-order valence-electron chi connectivity index (χ3n) is 6.22. The van der Waals surface area contributed by atoms with E-state index in [-0.39, 0.29) is 18.1 Å². The summed E-state index contributed by atoms with van der Waals surface area (Å²) in [5.74, 6) is 0.676. The Kier molecular flexibility index (Phi) is 10.2. The minimum Gasteiger partial charge on any atom is -0.497 e. The van der Waals surface area contributed by atoms with E-state index in [1.165, 1.54) is 19.3 Å². The van der Waals surface area contributed by atoms with Crippen LogP contribution in [0.15, 0.2) is 24.3 Å². The number of piperidine rings is 1. The molecule has 0 spiro atoms. The molecule has 3 rings (SSSR count). The molecule has 8 nitrogen and oxygen atoms in total. The minimum absolute atomic E-state index is 0.0458. The molecule has 0 unspecified atom stereocenters. The van der Waals surface area contributed by atoms with E-state index in [9.17, 15) is 9.90 Å². The highest BCUT2D eigenvalue weighted by atomic mass is 16.5. The number of hydrogen-bond donors (Lipinski definition) is 1. The van der Waals surface area contributed by atoms with Crippen molar-refractivity contribution in [3.8, 4) is 5.75 Å². The molecule has 2 atom stereocenters. The van der Waals surface area contributed by atoms with Crippen molar-refractivity contribution in [1.82, 2.24) is 14.7 Å². The van der Waals surface area contributed by atoms with Crippen LogP contribution in [0, 0.1) is 0 Å². The molecule has 0 aliphatic carbocycles. The van der Waals surface area contributed by atoms with Crippen molar-refractivity contribution in [2.24, 2.45) is 0 Å². The molecule has 32 heavy (non-hydrogen) atoms. The van der Waals surface area contributed by atoms with Gasteiger partial charge in [-0.25, -0.2) is 0 Å². The highest BCUT2D eigenvalue weighted by Gasteiger charge is 2.27. The van der Waals surface area contributed by atoms with Gasteiger partial charge in [0.1, 0.15) is 5.75 Å². The number of morpholine rings is 1. The second kappa shape index (κ2) is 13.1. The Morgan fingerprint density at radius 2 is 1.84 bits per heavy atom. The molecule has 2 fully saturated rings. The maximum absolute atomic E-state index is 13.1. The minimum atomic E-state index is -0.364. The molecule has 1 aromatic rings. The monoisotopic (exact) mass is 449 g/mol. The molecule has 2 aliphatic rings. The third kappa shape index (κ3) is 7.71. The van der Waals surface area contributed by atoms with Gasteiger partial charge in [-0.3, -0.25) is 9.69 Å². The molecule has 1 amide bonds.